The van der Waals surface area contributed by atoms with Gasteiger partial charge in [0.05, 0.1) is 11.9 Å². The molecule has 0 radical (unpaired) electrons. The van der Waals surface area contributed by atoms with E-state index in [1.165, 1.54) is 17.0 Å². The number of sulfonamides is 1. The predicted octanol–water partition coefficient (Wildman–Crippen LogP) is 3.70. The number of carbonyl (C=O) groups is 2. The van der Waals surface area contributed by atoms with E-state index in [9.17, 15) is 18.0 Å². The summed E-state index contributed by atoms with van der Waals surface area (Å²) in [6.07, 6.45) is 1.39. The van der Waals surface area contributed by atoms with Crippen LogP contribution in [0.1, 0.15) is 25.8 Å². The second-order valence-corrected chi connectivity index (χ2v) is 9.99. The lowest BCUT2D eigenvalue weighted by atomic mass is 10.1. The maximum Gasteiger partial charge on any atom is 0.244 e. The molecule has 0 bridgehead atoms. The summed E-state index contributed by atoms with van der Waals surface area (Å²) in [6.45, 7) is 3.68. The Morgan fingerprint density at radius 2 is 1.50 bits per heavy atom. The number of hydrogen-bond donors (Lipinski definition) is 1. The Kier molecular flexibility index (Phi) is 9.36. The van der Waals surface area contributed by atoms with Crippen molar-refractivity contribution in [3.8, 4) is 0 Å². The van der Waals surface area contributed by atoms with Crippen LogP contribution in [-0.2, 0) is 26.2 Å². The van der Waals surface area contributed by atoms with E-state index in [1.54, 1.807) is 50.2 Å². The highest BCUT2D eigenvalue weighted by Crippen LogP contribution is 2.22. The SMILES string of the molecule is CCNC(=O)C(CC)N(Cc1ccc(Cl)cc1)C(=O)CN(c1ccc(Cl)cc1)S(C)(=O)=O. The van der Waals surface area contributed by atoms with Gasteiger partial charge in [0.15, 0.2) is 0 Å². The van der Waals surface area contributed by atoms with Crippen LogP contribution in [0.4, 0.5) is 5.69 Å². The summed E-state index contributed by atoms with van der Waals surface area (Å²) in [5, 5.41) is 3.74. The average molecular weight is 500 g/mol. The molecule has 0 fully saturated rings. The van der Waals surface area contributed by atoms with Crippen molar-refractivity contribution in [3.63, 3.8) is 0 Å². The first-order chi connectivity index (χ1) is 15.1. The van der Waals surface area contributed by atoms with Crippen molar-refractivity contribution in [1.29, 1.82) is 0 Å². The van der Waals surface area contributed by atoms with Crippen molar-refractivity contribution in [2.75, 3.05) is 23.7 Å². The zero-order valence-corrected chi connectivity index (χ0v) is 20.5. The number of amides is 2. The second-order valence-electron chi connectivity index (χ2n) is 7.21. The van der Waals surface area contributed by atoms with E-state index in [-0.39, 0.29) is 12.5 Å². The Balaban J connectivity index is 2.40. The topological polar surface area (TPSA) is 86.8 Å². The molecule has 0 aromatic heterocycles. The van der Waals surface area contributed by atoms with Gasteiger partial charge in [-0.05, 0) is 55.3 Å². The van der Waals surface area contributed by atoms with E-state index in [1.807, 2.05) is 0 Å². The molecule has 0 heterocycles. The van der Waals surface area contributed by atoms with Crippen LogP contribution in [0.3, 0.4) is 0 Å². The van der Waals surface area contributed by atoms with Gasteiger partial charge in [0, 0.05) is 23.1 Å². The van der Waals surface area contributed by atoms with Crippen LogP contribution in [0.15, 0.2) is 48.5 Å². The summed E-state index contributed by atoms with van der Waals surface area (Å²) in [5.41, 5.74) is 1.07. The van der Waals surface area contributed by atoms with E-state index in [2.05, 4.69) is 5.32 Å². The molecule has 2 aromatic carbocycles. The van der Waals surface area contributed by atoms with Gasteiger partial charge in [-0.1, -0.05) is 42.3 Å². The van der Waals surface area contributed by atoms with E-state index in [0.29, 0.717) is 28.7 Å². The number of benzene rings is 2. The van der Waals surface area contributed by atoms with Crippen LogP contribution < -0.4 is 9.62 Å². The molecule has 32 heavy (non-hydrogen) atoms. The van der Waals surface area contributed by atoms with Gasteiger partial charge in [-0.25, -0.2) is 8.42 Å². The summed E-state index contributed by atoms with van der Waals surface area (Å²) in [4.78, 5) is 27.5. The third-order valence-corrected chi connectivity index (χ3v) is 6.44. The fourth-order valence-electron chi connectivity index (χ4n) is 3.22. The van der Waals surface area contributed by atoms with Crippen molar-refractivity contribution in [3.05, 3.63) is 64.1 Å². The van der Waals surface area contributed by atoms with Gasteiger partial charge in [-0.2, -0.15) is 0 Å². The predicted molar refractivity (Wildman–Crippen MR) is 128 cm³/mol. The van der Waals surface area contributed by atoms with E-state index < -0.39 is 28.5 Å². The molecule has 0 aliphatic rings. The molecule has 174 valence electrons. The van der Waals surface area contributed by atoms with Crippen molar-refractivity contribution in [2.24, 2.45) is 0 Å². The van der Waals surface area contributed by atoms with Gasteiger partial charge in [0.25, 0.3) is 0 Å². The summed E-state index contributed by atoms with van der Waals surface area (Å²) in [6, 6.07) is 12.3. The molecule has 7 nitrogen and oxygen atoms in total. The molecular formula is C22H27Cl2N3O4S. The first kappa shape index (κ1) is 26.0. The number of nitrogens with zero attached hydrogens (tertiary/aromatic N) is 2. The third kappa shape index (κ3) is 7.12. The monoisotopic (exact) mass is 499 g/mol. The van der Waals surface area contributed by atoms with E-state index >= 15 is 0 Å². The second kappa shape index (κ2) is 11.5. The molecule has 2 amide bonds. The Labute approximate surface area is 199 Å². The Morgan fingerprint density at radius 1 is 0.969 bits per heavy atom. The highest BCUT2D eigenvalue weighted by Gasteiger charge is 2.31. The van der Waals surface area contributed by atoms with Crippen molar-refractivity contribution in [2.45, 2.75) is 32.9 Å². The Bertz CT molecular complexity index is 1030. The van der Waals surface area contributed by atoms with Gasteiger partial charge in [0.1, 0.15) is 12.6 Å². The number of halogens is 2. The molecule has 0 aliphatic heterocycles. The summed E-state index contributed by atoms with van der Waals surface area (Å²) < 4.78 is 26.0. The quantitative estimate of drug-likeness (QED) is 0.539. The van der Waals surface area contributed by atoms with Crippen LogP contribution >= 0.6 is 23.2 Å². The first-order valence-electron chi connectivity index (χ1n) is 10.1. The number of likely N-dealkylation sites (N-methyl/N-ethyl adjacent to an activating group) is 1. The van der Waals surface area contributed by atoms with Crippen molar-refractivity contribution < 1.29 is 18.0 Å². The molecule has 1 N–H and O–H groups in total. The normalized spacial score (nSPS) is 12.2. The molecule has 0 spiro atoms. The van der Waals surface area contributed by atoms with Gasteiger partial charge >= 0.3 is 0 Å². The maximum absolute atomic E-state index is 13.4. The van der Waals surface area contributed by atoms with Crippen LogP contribution in [0.5, 0.6) is 0 Å². The number of carbonyl (C=O) groups excluding carboxylic acids is 2. The van der Waals surface area contributed by atoms with Gasteiger partial charge in [-0.3, -0.25) is 13.9 Å². The summed E-state index contributed by atoms with van der Waals surface area (Å²) in [5.74, 6) is -0.798. The highest BCUT2D eigenvalue weighted by atomic mass is 35.5. The molecule has 1 unspecified atom stereocenters. The molecule has 2 rings (SSSR count). The largest absolute Gasteiger partial charge is 0.355 e. The number of hydrogen-bond acceptors (Lipinski definition) is 4. The summed E-state index contributed by atoms with van der Waals surface area (Å²) >= 11 is 11.9. The lowest BCUT2D eigenvalue weighted by molar-refractivity contribution is -0.140. The minimum absolute atomic E-state index is 0.129. The fourth-order valence-corrected chi connectivity index (χ4v) is 4.32. The Hall–Kier alpha value is -2.29. The van der Waals surface area contributed by atoms with Crippen LogP contribution in [0, 0.1) is 0 Å². The van der Waals surface area contributed by atoms with E-state index in [0.717, 1.165) is 16.1 Å². The van der Waals surface area contributed by atoms with Crippen LogP contribution in [0.25, 0.3) is 0 Å². The maximum atomic E-state index is 13.4. The molecule has 1 atom stereocenters. The number of anilines is 1. The minimum Gasteiger partial charge on any atom is -0.355 e. The smallest absolute Gasteiger partial charge is 0.244 e. The number of rotatable bonds is 10. The molecule has 0 aliphatic carbocycles. The zero-order chi connectivity index (χ0) is 23.9. The molecule has 0 saturated carbocycles. The highest BCUT2D eigenvalue weighted by molar-refractivity contribution is 7.92. The third-order valence-electron chi connectivity index (χ3n) is 4.80. The first-order valence-corrected chi connectivity index (χ1v) is 12.7. The molecule has 0 saturated heterocycles. The zero-order valence-electron chi connectivity index (χ0n) is 18.2. The van der Waals surface area contributed by atoms with Gasteiger partial charge in [0.2, 0.25) is 21.8 Å². The Morgan fingerprint density at radius 3 is 1.97 bits per heavy atom. The minimum atomic E-state index is -3.78. The molecular weight excluding hydrogens is 473 g/mol. The molecule has 2 aromatic rings. The van der Waals surface area contributed by atoms with Crippen molar-refractivity contribution in [1.82, 2.24) is 10.2 Å². The number of nitrogens with one attached hydrogen (secondary N) is 1. The molecule has 10 heteroatoms. The lowest BCUT2D eigenvalue weighted by Crippen LogP contribution is -2.52. The van der Waals surface area contributed by atoms with Gasteiger partial charge in [-0.15, -0.1) is 0 Å². The van der Waals surface area contributed by atoms with Gasteiger partial charge < -0.3 is 10.2 Å². The van der Waals surface area contributed by atoms with E-state index in [4.69, 9.17) is 23.2 Å². The van der Waals surface area contributed by atoms with Crippen LogP contribution in [0.2, 0.25) is 10.0 Å². The lowest BCUT2D eigenvalue weighted by Gasteiger charge is -2.32. The summed E-state index contributed by atoms with van der Waals surface area (Å²) in [7, 11) is -3.78. The standard InChI is InChI=1S/C22H27Cl2N3O4S/c1-4-20(22(29)25-5-2)26(14-16-6-8-17(23)9-7-16)21(28)15-27(32(3,30)31)19-12-10-18(24)11-13-19/h6-13,20H,4-5,14-15H2,1-3H3,(H,25,29). The van der Waals surface area contributed by atoms with Crippen LogP contribution in [-0.4, -0.2) is 50.5 Å². The van der Waals surface area contributed by atoms with Crippen molar-refractivity contribution >= 4 is 50.7 Å². The fraction of sp³-hybridized carbons (Fsp3) is 0.364. The average Bonchev–Trinajstić information content (AvgIpc) is 2.73.